The summed E-state index contributed by atoms with van der Waals surface area (Å²) in [6, 6.07) is 1.87. The van der Waals surface area contributed by atoms with Crippen LogP contribution >= 0.6 is 11.6 Å². The van der Waals surface area contributed by atoms with E-state index in [1.807, 2.05) is 13.0 Å². The fourth-order valence-corrected chi connectivity index (χ4v) is 0.933. The molecule has 12 heavy (non-hydrogen) atoms. The maximum Gasteiger partial charge on any atom is 0.235 e. The Balaban J connectivity index is 2.38. The van der Waals surface area contributed by atoms with E-state index in [0.717, 1.165) is 11.3 Å². The monoisotopic (exact) mass is 187 g/mol. The third kappa shape index (κ3) is 2.58. The van der Waals surface area contributed by atoms with Gasteiger partial charge in [0.2, 0.25) is 5.91 Å². The summed E-state index contributed by atoms with van der Waals surface area (Å²) in [5, 5.41) is 2.63. The highest BCUT2D eigenvalue weighted by molar-refractivity contribution is 6.27. The van der Waals surface area contributed by atoms with E-state index in [9.17, 15) is 4.79 Å². The number of nitrogens with one attached hydrogen (secondary N) is 1. The second-order valence-corrected chi connectivity index (χ2v) is 2.74. The molecule has 4 heteroatoms. The van der Waals surface area contributed by atoms with Gasteiger partial charge in [-0.15, -0.1) is 11.6 Å². The number of halogens is 1. The highest BCUT2D eigenvalue weighted by Gasteiger charge is 2.00. The Morgan fingerprint density at radius 1 is 1.75 bits per heavy atom. The van der Waals surface area contributed by atoms with Gasteiger partial charge in [0.15, 0.2) is 0 Å². The zero-order chi connectivity index (χ0) is 8.97. The number of rotatable bonds is 3. The standard InChI is InChI=1S/C8H10ClNO2/c1-6-2-7(5-12-6)4-10-8(11)3-9/h2,5H,3-4H2,1H3,(H,10,11). The highest BCUT2D eigenvalue weighted by atomic mass is 35.5. The predicted octanol–water partition coefficient (Wildman–Crippen LogP) is 1.44. The van der Waals surface area contributed by atoms with E-state index < -0.39 is 0 Å². The van der Waals surface area contributed by atoms with Crippen molar-refractivity contribution >= 4 is 17.5 Å². The van der Waals surface area contributed by atoms with Crippen LogP contribution < -0.4 is 5.32 Å². The molecule has 0 aliphatic rings. The topological polar surface area (TPSA) is 42.2 Å². The Kier molecular flexibility index (Phi) is 3.17. The van der Waals surface area contributed by atoms with Crippen molar-refractivity contribution in [2.75, 3.05) is 5.88 Å². The van der Waals surface area contributed by atoms with Gasteiger partial charge in [-0.1, -0.05) is 0 Å². The third-order valence-corrected chi connectivity index (χ3v) is 1.64. The Morgan fingerprint density at radius 2 is 2.50 bits per heavy atom. The molecule has 1 aromatic rings. The molecule has 0 radical (unpaired) electrons. The lowest BCUT2D eigenvalue weighted by molar-refractivity contribution is -0.118. The molecule has 0 saturated carbocycles. The molecular weight excluding hydrogens is 178 g/mol. The summed E-state index contributed by atoms with van der Waals surface area (Å²) in [6.07, 6.45) is 1.61. The van der Waals surface area contributed by atoms with Crippen molar-refractivity contribution < 1.29 is 9.21 Å². The van der Waals surface area contributed by atoms with Crippen molar-refractivity contribution in [1.82, 2.24) is 5.32 Å². The first-order valence-electron chi connectivity index (χ1n) is 3.59. The van der Waals surface area contributed by atoms with E-state index in [1.165, 1.54) is 0 Å². The number of carbonyl (C=O) groups is 1. The van der Waals surface area contributed by atoms with Gasteiger partial charge in [0, 0.05) is 12.1 Å². The molecule has 66 valence electrons. The first-order valence-corrected chi connectivity index (χ1v) is 4.12. The van der Waals surface area contributed by atoms with Crippen LogP contribution in [0.25, 0.3) is 0 Å². The molecule has 0 saturated heterocycles. The SMILES string of the molecule is Cc1cc(CNC(=O)CCl)co1. The van der Waals surface area contributed by atoms with Crippen LogP contribution in [0.3, 0.4) is 0 Å². The fraction of sp³-hybridized carbons (Fsp3) is 0.375. The number of furan rings is 1. The molecule has 1 heterocycles. The van der Waals surface area contributed by atoms with E-state index in [4.69, 9.17) is 16.0 Å². The molecule has 0 atom stereocenters. The van der Waals surface area contributed by atoms with Crippen LogP contribution in [-0.2, 0) is 11.3 Å². The summed E-state index contributed by atoms with van der Waals surface area (Å²) in [7, 11) is 0. The summed E-state index contributed by atoms with van der Waals surface area (Å²) in [6.45, 7) is 2.33. The van der Waals surface area contributed by atoms with Gasteiger partial charge in [-0.3, -0.25) is 4.79 Å². The number of hydrogen-bond donors (Lipinski definition) is 1. The van der Waals surface area contributed by atoms with Crippen molar-refractivity contribution in [3.63, 3.8) is 0 Å². The number of hydrogen-bond acceptors (Lipinski definition) is 2. The Labute approximate surface area is 75.7 Å². The Morgan fingerprint density at radius 3 is 3.00 bits per heavy atom. The van der Waals surface area contributed by atoms with Gasteiger partial charge < -0.3 is 9.73 Å². The molecule has 1 aromatic heterocycles. The van der Waals surface area contributed by atoms with Crippen LogP contribution in [0.15, 0.2) is 16.7 Å². The molecule has 0 aliphatic heterocycles. The lowest BCUT2D eigenvalue weighted by Crippen LogP contribution is -2.23. The van der Waals surface area contributed by atoms with Crippen LogP contribution in [0.1, 0.15) is 11.3 Å². The summed E-state index contributed by atoms with van der Waals surface area (Å²) in [5.74, 6) is 0.664. The van der Waals surface area contributed by atoms with E-state index in [1.54, 1.807) is 6.26 Å². The maximum absolute atomic E-state index is 10.7. The highest BCUT2D eigenvalue weighted by Crippen LogP contribution is 2.05. The predicted molar refractivity (Wildman–Crippen MR) is 46.0 cm³/mol. The Bertz CT molecular complexity index is 270. The van der Waals surface area contributed by atoms with Crippen molar-refractivity contribution in [3.05, 3.63) is 23.7 Å². The van der Waals surface area contributed by atoms with E-state index in [-0.39, 0.29) is 11.8 Å². The zero-order valence-corrected chi connectivity index (χ0v) is 7.52. The van der Waals surface area contributed by atoms with Gasteiger partial charge in [0.25, 0.3) is 0 Å². The number of amides is 1. The molecule has 0 bridgehead atoms. The van der Waals surface area contributed by atoms with Crippen molar-refractivity contribution in [2.45, 2.75) is 13.5 Å². The second-order valence-electron chi connectivity index (χ2n) is 2.48. The summed E-state index contributed by atoms with van der Waals surface area (Å²) in [4.78, 5) is 10.7. The normalized spacial score (nSPS) is 9.83. The zero-order valence-electron chi connectivity index (χ0n) is 6.76. The lowest BCUT2D eigenvalue weighted by atomic mass is 10.3. The maximum atomic E-state index is 10.7. The quantitative estimate of drug-likeness (QED) is 0.728. The second kappa shape index (κ2) is 4.16. The van der Waals surface area contributed by atoms with E-state index in [0.29, 0.717) is 6.54 Å². The van der Waals surface area contributed by atoms with Gasteiger partial charge in [0.1, 0.15) is 11.6 Å². The smallest absolute Gasteiger partial charge is 0.235 e. The fourth-order valence-electron chi connectivity index (χ4n) is 0.838. The molecule has 0 aromatic carbocycles. The Hall–Kier alpha value is -0.960. The molecule has 0 unspecified atom stereocenters. The third-order valence-electron chi connectivity index (χ3n) is 1.40. The average molecular weight is 188 g/mol. The lowest BCUT2D eigenvalue weighted by Gasteiger charge is -1.97. The number of carbonyl (C=O) groups excluding carboxylic acids is 1. The molecule has 0 fully saturated rings. The first kappa shape index (κ1) is 9.13. The largest absolute Gasteiger partial charge is 0.469 e. The summed E-state index contributed by atoms with van der Waals surface area (Å²) < 4.78 is 5.05. The van der Waals surface area contributed by atoms with Crippen molar-refractivity contribution in [3.8, 4) is 0 Å². The summed E-state index contributed by atoms with van der Waals surface area (Å²) in [5.41, 5.74) is 0.950. The van der Waals surface area contributed by atoms with Crippen LogP contribution in [0.2, 0.25) is 0 Å². The summed E-state index contributed by atoms with van der Waals surface area (Å²) >= 11 is 5.29. The van der Waals surface area contributed by atoms with Crippen LogP contribution in [0.4, 0.5) is 0 Å². The minimum atomic E-state index is -0.171. The first-order chi connectivity index (χ1) is 5.72. The molecule has 1 amide bonds. The average Bonchev–Trinajstić information content (AvgIpc) is 2.47. The molecule has 1 N–H and O–H groups in total. The van der Waals surface area contributed by atoms with Gasteiger partial charge in [-0.25, -0.2) is 0 Å². The van der Waals surface area contributed by atoms with E-state index in [2.05, 4.69) is 5.32 Å². The minimum Gasteiger partial charge on any atom is -0.469 e. The van der Waals surface area contributed by atoms with Gasteiger partial charge in [-0.2, -0.15) is 0 Å². The molecule has 1 rings (SSSR count). The van der Waals surface area contributed by atoms with Crippen LogP contribution in [0, 0.1) is 6.92 Å². The minimum absolute atomic E-state index is 0.00314. The van der Waals surface area contributed by atoms with Crippen molar-refractivity contribution in [2.24, 2.45) is 0 Å². The van der Waals surface area contributed by atoms with Gasteiger partial charge in [0.05, 0.1) is 6.26 Å². The molecule has 0 aliphatic carbocycles. The number of aryl methyl sites for hydroxylation is 1. The van der Waals surface area contributed by atoms with Crippen LogP contribution in [-0.4, -0.2) is 11.8 Å². The van der Waals surface area contributed by atoms with Gasteiger partial charge >= 0.3 is 0 Å². The molecule has 0 spiro atoms. The molecule has 3 nitrogen and oxygen atoms in total. The van der Waals surface area contributed by atoms with Crippen molar-refractivity contribution in [1.29, 1.82) is 0 Å². The number of alkyl halides is 1. The van der Waals surface area contributed by atoms with E-state index >= 15 is 0 Å². The molecular formula is C8H10ClNO2. The van der Waals surface area contributed by atoms with Crippen LogP contribution in [0.5, 0.6) is 0 Å². The van der Waals surface area contributed by atoms with Gasteiger partial charge in [-0.05, 0) is 13.0 Å².